The predicted octanol–water partition coefficient (Wildman–Crippen LogP) is 8.99. The number of likely N-dealkylation sites (N-methyl/N-ethyl adjacent to an activating group) is 1. The molecule has 5 aromatic carbocycles. The van der Waals surface area contributed by atoms with Gasteiger partial charge in [-0.3, -0.25) is 4.79 Å². The maximum Gasteiger partial charge on any atom is 0.173 e. The van der Waals surface area contributed by atoms with Crippen LogP contribution in [0.1, 0.15) is 40.9 Å². The van der Waals surface area contributed by atoms with E-state index in [9.17, 15) is 0 Å². The van der Waals surface area contributed by atoms with Crippen molar-refractivity contribution in [1.82, 2.24) is 0 Å². The lowest BCUT2D eigenvalue weighted by molar-refractivity contribution is 0.0885. The van der Waals surface area contributed by atoms with Crippen LogP contribution in [0.25, 0.3) is 21.9 Å². The summed E-state index contributed by atoms with van der Waals surface area (Å²) in [6.45, 7) is 4.62. The van der Waals surface area contributed by atoms with Crippen molar-refractivity contribution in [3.05, 3.63) is 156 Å². The number of anilines is 1. The zero-order valence-electron chi connectivity index (χ0n) is 25.0. The predicted molar refractivity (Wildman–Crippen MR) is 178 cm³/mol. The molecule has 0 unspecified atom stereocenters. The number of Topliss-reactive ketones (excluding diaryl/α,β-unsaturated/α-hetero) is 1. The molecule has 0 aromatic heterocycles. The normalized spacial score (nSPS) is 20.5. The molecule has 5 aromatic rings. The Kier molecular flexibility index (Phi) is 6.36. The average Bonchev–Trinajstić information content (AvgIpc) is 3.23. The second-order valence-corrected chi connectivity index (χ2v) is 12.1. The molecule has 0 radical (unpaired) electrons. The third-order valence-electron chi connectivity index (χ3n) is 9.75. The number of fused-ring (bicyclic) bond motifs is 3. The molecule has 0 fully saturated rings. The number of allylic oxidation sites excluding steroid dienone is 2. The number of ketones is 1. The Hall–Kier alpha value is -4.89. The summed E-state index contributed by atoms with van der Waals surface area (Å²) in [7, 11) is 3.86. The molecule has 0 saturated carbocycles. The summed E-state index contributed by atoms with van der Waals surface area (Å²) in [6.07, 6.45) is 4.62. The summed E-state index contributed by atoms with van der Waals surface area (Å²) in [5.41, 5.74) is 6.28. The van der Waals surface area contributed by atoms with Crippen molar-refractivity contribution in [2.75, 3.05) is 19.1 Å². The van der Waals surface area contributed by atoms with E-state index >= 15 is 4.79 Å². The summed E-state index contributed by atoms with van der Waals surface area (Å²) in [4.78, 5) is 17.4. The fraction of sp³-hybridized carbons (Fsp3) is 0.175. The van der Waals surface area contributed by atoms with Gasteiger partial charge in [0, 0.05) is 29.1 Å². The van der Waals surface area contributed by atoms with Crippen LogP contribution in [0.3, 0.4) is 0 Å². The topological polar surface area (TPSA) is 29.5 Å². The minimum Gasteiger partial charge on any atom is -0.497 e. The van der Waals surface area contributed by atoms with E-state index in [-0.39, 0.29) is 5.78 Å². The average molecular weight is 562 g/mol. The van der Waals surface area contributed by atoms with Crippen LogP contribution in [0.5, 0.6) is 5.75 Å². The second-order valence-electron chi connectivity index (χ2n) is 12.1. The first-order chi connectivity index (χ1) is 20.9. The number of ether oxygens (including phenoxy) is 1. The molecule has 0 amide bonds. The summed E-state index contributed by atoms with van der Waals surface area (Å²) in [6, 6.07) is 41.5. The number of carbonyl (C=O) groups excluding carboxylic acids is 1. The summed E-state index contributed by atoms with van der Waals surface area (Å²) >= 11 is 0. The maximum absolute atomic E-state index is 15.0. The van der Waals surface area contributed by atoms with Gasteiger partial charge in [-0.2, -0.15) is 0 Å². The number of nitrogens with zero attached hydrogens (tertiary/aromatic N) is 1. The van der Waals surface area contributed by atoms with Crippen molar-refractivity contribution >= 4 is 33.4 Å². The van der Waals surface area contributed by atoms with E-state index in [1.807, 2.05) is 48.5 Å². The van der Waals surface area contributed by atoms with Crippen molar-refractivity contribution in [3.63, 3.8) is 0 Å². The van der Waals surface area contributed by atoms with E-state index in [1.165, 1.54) is 22.0 Å². The van der Waals surface area contributed by atoms with Crippen LogP contribution in [0, 0.1) is 5.92 Å². The molecule has 1 aliphatic carbocycles. The SMILES string of the molecule is COc1ccc(C2=CC(c3ccccc3)=C[C@@]3([C@@H]2C(=O)c2ccccc2)N(C)c2c(ccc4ccccc24)C3(C)C)cc1. The zero-order valence-corrected chi connectivity index (χ0v) is 25.0. The first kappa shape index (κ1) is 27.0. The van der Waals surface area contributed by atoms with Gasteiger partial charge in [0.15, 0.2) is 5.78 Å². The summed E-state index contributed by atoms with van der Waals surface area (Å²) in [5.74, 6) is 0.418. The van der Waals surface area contributed by atoms with E-state index < -0.39 is 16.9 Å². The Balaban J connectivity index is 1.56. The van der Waals surface area contributed by atoms with Crippen LogP contribution in [0.15, 0.2) is 133 Å². The molecule has 7 rings (SSSR count). The van der Waals surface area contributed by atoms with Gasteiger partial charge in [0.25, 0.3) is 0 Å². The van der Waals surface area contributed by atoms with E-state index in [2.05, 4.69) is 111 Å². The minimum absolute atomic E-state index is 0.114. The van der Waals surface area contributed by atoms with E-state index in [0.29, 0.717) is 5.56 Å². The third kappa shape index (κ3) is 3.99. The fourth-order valence-corrected chi connectivity index (χ4v) is 7.56. The zero-order chi connectivity index (χ0) is 29.8. The quantitative estimate of drug-likeness (QED) is 0.201. The largest absolute Gasteiger partial charge is 0.497 e. The van der Waals surface area contributed by atoms with Gasteiger partial charge in [-0.25, -0.2) is 0 Å². The third-order valence-corrected chi connectivity index (χ3v) is 9.75. The lowest BCUT2D eigenvalue weighted by atomic mass is 9.57. The van der Waals surface area contributed by atoms with Crippen molar-refractivity contribution in [1.29, 1.82) is 0 Å². The Bertz CT molecular complexity index is 1900. The molecule has 43 heavy (non-hydrogen) atoms. The molecular formula is C40H35NO2. The monoisotopic (exact) mass is 561 g/mol. The van der Waals surface area contributed by atoms with Crippen LogP contribution in [0.2, 0.25) is 0 Å². The van der Waals surface area contributed by atoms with Gasteiger partial charge in [-0.1, -0.05) is 123 Å². The Morgan fingerprint density at radius 1 is 0.744 bits per heavy atom. The molecule has 3 heteroatoms. The highest BCUT2D eigenvalue weighted by Gasteiger charge is 2.62. The van der Waals surface area contributed by atoms with Gasteiger partial charge in [-0.05, 0) is 57.5 Å². The molecule has 1 aliphatic heterocycles. The van der Waals surface area contributed by atoms with Crippen LogP contribution < -0.4 is 9.64 Å². The number of hydrogen-bond donors (Lipinski definition) is 0. The van der Waals surface area contributed by atoms with Crippen molar-refractivity contribution in [2.45, 2.75) is 24.8 Å². The molecule has 2 aliphatic rings. The minimum atomic E-state index is -0.707. The molecule has 1 heterocycles. The van der Waals surface area contributed by atoms with Crippen molar-refractivity contribution < 1.29 is 9.53 Å². The highest BCUT2D eigenvalue weighted by Crippen LogP contribution is 2.61. The van der Waals surface area contributed by atoms with Gasteiger partial charge < -0.3 is 9.64 Å². The Morgan fingerprint density at radius 3 is 2.09 bits per heavy atom. The van der Waals surface area contributed by atoms with Crippen molar-refractivity contribution in [3.8, 4) is 5.75 Å². The lowest BCUT2D eigenvalue weighted by Crippen LogP contribution is -2.61. The molecule has 1 spiro atoms. The Morgan fingerprint density at radius 2 is 1.40 bits per heavy atom. The molecule has 3 nitrogen and oxygen atoms in total. The number of rotatable bonds is 5. The van der Waals surface area contributed by atoms with E-state index in [4.69, 9.17) is 4.74 Å². The smallest absolute Gasteiger partial charge is 0.173 e. The number of methoxy groups -OCH3 is 1. The molecule has 0 saturated heterocycles. The highest BCUT2D eigenvalue weighted by atomic mass is 16.5. The number of hydrogen-bond acceptors (Lipinski definition) is 3. The first-order valence-corrected chi connectivity index (χ1v) is 14.9. The van der Waals surface area contributed by atoms with Gasteiger partial charge in [0.2, 0.25) is 0 Å². The van der Waals surface area contributed by atoms with E-state index in [1.54, 1.807) is 7.11 Å². The molecule has 0 N–H and O–H groups in total. The van der Waals surface area contributed by atoms with E-state index in [0.717, 1.165) is 28.0 Å². The second kappa shape index (κ2) is 10.1. The Labute approximate surface area is 253 Å². The van der Waals surface area contributed by atoms with Crippen LogP contribution >= 0.6 is 0 Å². The maximum atomic E-state index is 15.0. The summed E-state index contributed by atoms with van der Waals surface area (Å²) in [5, 5.41) is 2.40. The van der Waals surface area contributed by atoms with Crippen LogP contribution in [0.4, 0.5) is 5.69 Å². The molecule has 0 bridgehead atoms. The van der Waals surface area contributed by atoms with Crippen molar-refractivity contribution in [2.24, 2.45) is 5.92 Å². The highest BCUT2D eigenvalue weighted by molar-refractivity contribution is 6.11. The molecule has 212 valence electrons. The molecular weight excluding hydrogens is 526 g/mol. The standard InChI is InChI=1S/C40H35NO2/c1-39(2)35-24-21-28-15-11-12-18-33(28)37(35)41(3)40(39)26-31(27-13-7-5-8-14-27)25-34(29-19-22-32(43-4)23-20-29)36(40)38(42)30-16-9-6-10-17-30/h5-26,36H,1-4H3/t36-,40-/m0/s1. The van der Waals surface area contributed by atoms with Gasteiger partial charge in [0.05, 0.1) is 18.6 Å². The summed E-state index contributed by atoms with van der Waals surface area (Å²) < 4.78 is 5.51. The molecule has 2 atom stereocenters. The number of benzene rings is 5. The van der Waals surface area contributed by atoms with Crippen LogP contribution in [-0.2, 0) is 5.41 Å². The van der Waals surface area contributed by atoms with Gasteiger partial charge in [-0.15, -0.1) is 0 Å². The van der Waals surface area contributed by atoms with Gasteiger partial charge >= 0.3 is 0 Å². The number of carbonyl (C=O) groups is 1. The van der Waals surface area contributed by atoms with Crippen LogP contribution in [-0.4, -0.2) is 25.5 Å². The first-order valence-electron chi connectivity index (χ1n) is 14.9. The fourth-order valence-electron chi connectivity index (χ4n) is 7.56. The lowest BCUT2D eigenvalue weighted by Gasteiger charge is -2.52. The van der Waals surface area contributed by atoms with Gasteiger partial charge in [0.1, 0.15) is 5.75 Å².